The lowest BCUT2D eigenvalue weighted by Gasteiger charge is -2.17. The first-order valence-corrected chi connectivity index (χ1v) is 9.36. The Hall–Kier alpha value is -2.96. The average molecular weight is 397 g/mol. The molecule has 1 aliphatic rings. The summed E-state index contributed by atoms with van der Waals surface area (Å²) >= 11 is 7.46. The quantitative estimate of drug-likeness (QED) is 0.649. The highest BCUT2D eigenvalue weighted by Gasteiger charge is 2.38. The van der Waals surface area contributed by atoms with Gasteiger partial charge in [0.25, 0.3) is 17.7 Å². The molecule has 5 nitrogen and oxygen atoms in total. The fourth-order valence-electron chi connectivity index (χ4n) is 3.05. The molecule has 2 heterocycles. The van der Waals surface area contributed by atoms with Crippen LogP contribution in [-0.4, -0.2) is 17.7 Å². The second-order valence-electron chi connectivity index (χ2n) is 6.04. The van der Waals surface area contributed by atoms with Crippen molar-refractivity contribution in [2.45, 2.75) is 6.92 Å². The van der Waals surface area contributed by atoms with Crippen LogP contribution in [0.3, 0.4) is 0 Å². The van der Waals surface area contributed by atoms with Crippen LogP contribution < -0.4 is 10.2 Å². The first kappa shape index (κ1) is 17.5. The molecule has 0 saturated heterocycles. The van der Waals surface area contributed by atoms with Gasteiger partial charge >= 0.3 is 0 Å². The van der Waals surface area contributed by atoms with Gasteiger partial charge in [0.1, 0.15) is 0 Å². The normalized spacial score (nSPS) is 13.0. The van der Waals surface area contributed by atoms with E-state index in [0.717, 1.165) is 4.90 Å². The van der Waals surface area contributed by atoms with E-state index in [1.165, 1.54) is 11.3 Å². The lowest BCUT2D eigenvalue weighted by atomic mass is 10.1. The molecule has 0 bridgehead atoms. The Morgan fingerprint density at radius 3 is 2.56 bits per heavy atom. The number of hydrogen-bond acceptors (Lipinski definition) is 4. The van der Waals surface area contributed by atoms with E-state index in [-0.39, 0.29) is 16.5 Å². The molecule has 0 spiro atoms. The summed E-state index contributed by atoms with van der Waals surface area (Å²) in [6.45, 7) is 1.78. The highest BCUT2D eigenvalue weighted by Crippen LogP contribution is 2.34. The van der Waals surface area contributed by atoms with E-state index < -0.39 is 11.8 Å². The zero-order valence-corrected chi connectivity index (χ0v) is 15.7. The zero-order valence-electron chi connectivity index (χ0n) is 14.2. The molecule has 0 fully saturated rings. The molecular weight excluding hydrogens is 384 g/mol. The van der Waals surface area contributed by atoms with Crippen molar-refractivity contribution in [3.63, 3.8) is 0 Å². The Kier molecular flexibility index (Phi) is 4.30. The molecule has 0 atom stereocenters. The van der Waals surface area contributed by atoms with Crippen molar-refractivity contribution in [2.75, 3.05) is 10.2 Å². The SMILES string of the molecule is Cc1cc(NC(=O)c2cccs2)ccc1N1C(=O)c2cccc(Cl)c2C1=O. The number of carbonyl (C=O) groups excluding carboxylic acids is 3. The maximum absolute atomic E-state index is 12.8. The van der Waals surface area contributed by atoms with Crippen molar-refractivity contribution in [3.8, 4) is 0 Å². The highest BCUT2D eigenvalue weighted by atomic mass is 35.5. The van der Waals surface area contributed by atoms with Gasteiger partial charge in [-0.1, -0.05) is 23.7 Å². The Morgan fingerprint density at radius 2 is 1.89 bits per heavy atom. The number of rotatable bonds is 3. The zero-order chi connectivity index (χ0) is 19.1. The molecule has 2 aromatic carbocycles. The minimum absolute atomic E-state index is 0.204. The Morgan fingerprint density at radius 1 is 1.07 bits per heavy atom. The number of imide groups is 1. The first-order valence-electron chi connectivity index (χ1n) is 8.10. The molecule has 0 saturated carbocycles. The third-order valence-electron chi connectivity index (χ3n) is 4.30. The number of thiophene rings is 1. The summed E-state index contributed by atoms with van der Waals surface area (Å²) in [5, 5.41) is 4.90. The lowest BCUT2D eigenvalue weighted by Crippen LogP contribution is -2.30. The molecule has 1 N–H and O–H groups in total. The van der Waals surface area contributed by atoms with Crippen molar-refractivity contribution in [1.29, 1.82) is 0 Å². The molecular formula is C20H13ClN2O3S. The minimum Gasteiger partial charge on any atom is -0.321 e. The molecule has 1 aromatic heterocycles. The van der Waals surface area contributed by atoms with Gasteiger partial charge < -0.3 is 5.32 Å². The topological polar surface area (TPSA) is 66.5 Å². The molecule has 0 unspecified atom stereocenters. The summed E-state index contributed by atoms with van der Waals surface area (Å²) in [6, 6.07) is 13.4. The summed E-state index contributed by atoms with van der Waals surface area (Å²) in [4.78, 5) is 39.4. The summed E-state index contributed by atoms with van der Waals surface area (Å²) < 4.78 is 0. The van der Waals surface area contributed by atoms with Gasteiger partial charge in [0.15, 0.2) is 0 Å². The number of amides is 3. The molecule has 27 heavy (non-hydrogen) atoms. The minimum atomic E-state index is -0.445. The molecule has 1 aliphatic heterocycles. The van der Waals surface area contributed by atoms with Gasteiger partial charge in [-0.3, -0.25) is 14.4 Å². The van der Waals surface area contributed by atoms with Gasteiger partial charge in [0.2, 0.25) is 0 Å². The maximum atomic E-state index is 12.8. The Labute approximate surface area is 164 Å². The second kappa shape index (κ2) is 6.64. The van der Waals surface area contributed by atoms with E-state index in [1.807, 2.05) is 5.38 Å². The number of nitrogens with zero attached hydrogens (tertiary/aromatic N) is 1. The van der Waals surface area contributed by atoms with Gasteiger partial charge in [0.05, 0.1) is 26.7 Å². The summed E-state index contributed by atoms with van der Waals surface area (Å²) in [6.07, 6.45) is 0. The van der Waals surface area contributed by atoms with Crippen LogP contribution in [0, 0.1) is 6.92 Å². The van der Waals surface area contributed by atoms with Crippen LogP contribution in [0.4, 0.5) is 11.4 Å². The third-order valence-corrected chi connectivity index (χ3v) is 5.49. The number of aryl methyl sites for hydroxylation is 1. The molecule has 4 rings (SSSR count). The third kappa shape index (κ3) is 2.93. The van der Waals surface area contributed by atoms with E-state index in [2.05, 4.69) is 5.32 Å². The fraction of sp³-hybridized carbons (Fsp3) is 0.0500. The monoisotopic (exact) mass is 396 g/mol. The van der Waals surface area contributed by atoms with Crippen molar-refractivity contribution in [2.24, 2.45) is 0 Å². The van der Waals surface area contributed by atoms with Crippen molar-refractivity contribution < 1.29 is 14.4 Å². The van der Waals surface area contributed by atoms with Gasteiger partial charge in [-0.05, 0) is 54.3 Å². The van der Waals surface area contributed by atoms with Crippen LogP contribution in [0.1, 0.15) is 36.0 Å². The van der Waals surface area contributed by atoms with E-state index in [0.29, 0.717) is 27.4 Å². The Balaban J connectivity index is 1.64. The summed E-state index contributed by atoms with van der Waals surface area (Å²) in [5.74, 6) is -1.06. The number of anilines is 2. The fourth-order valence-corrected chi connectivity index (χ4v) is 3.92. The molecule has 134 valence electrons. The van der Waals surface area contributed by atoms with E-state index >= 15 is 0 Å². The number of nitrogens with one attached hydrogen (secondary N) is 1. The van der Waals surface area contributed by atoms with Crippen LogP contribution in [0.15, 0.2) is 53.9 Å². The van der Waals surface area contributed by atoms with Crippen molar-refractivity contribution in [3.05, 3.63) is 80.5 Å². The van der Waals surface area contributed by atoms with Crippen molar-refractivity contribution >= 4 is 52.0 Å². The van der Waals surface area contributed by atoms with E-state index in [4.69, 9.17) is 11.6 Å². The maximum Gasteiger partial charge on any atom is 0.267 e. The molecule has 0 aliphatic carbocycles. The molecule has 0 radical (unpaired) electrons. The number of fused-ring (bicyclic) bond motifs is 1. The van der Waals surface area contributed by atoms with E-state index in [9.17, 15) is 14.4 Å². The van der Waals surface area contributed by atoms with Crippen LogP contribution in [0.25, 0.3) is 0 Å². The van der Waals surface area contributed by atoms with Gasteiger partial charge in [0, 0.05) is 5.69 Å². The second-order valence-corrected chi connectivity index (χ2v) is 7.40. The predicted molar refractivity (Wildman–Crippen MR) is 106 cm³/mol. The number of carbonyl (C=O) groups is 3. The van der Waals surface area contributed by atoms with Gasteiger partial charge in [-0.2, -0.15) is 0 Å². The van der Waals surface area contributed by atoms with Crippen molar-refractivity contribution in [1.82, 2.24) is 0 Å². The van der Waals surface area contributed by atoms with Gasteiger partial charge in [-0.25, -0.2) is 4.90 Å². The van der Waals surface area contributed by atoms with Crippen LogP contribution in [0.2, 0.25) is 5.02 Å². The summed E-state index contributed by atoms with van der Waals surface area (Å²) in [5.41, 5.74) is 2.25. The number of benzene rings is 2. The van der Waals surface area contributed by atoms with Gasteiger partial charge in [-0.15, -0.1) is 11.3 Å². The van der Waals surface area contributed by atoms with Crippen LogP contribution in [-0.2, 0) is 0 Å². The molecule has 7 heteroatoms. The predicted octanol–water partition coefficient (Wildman–Crippen LogP) is 4.76. The number of hydrogen-bond donors (Lipinski definition) is 1. The Bertz CT molecular complexity index is 1090. The number of halogens is 1. The highest BCUT2D eigenvalue weighted by molar-refractivity contribution is 7.12. The average Bonchev–Trinajstić information content (AvgIpc) is 3.25. The van der Waals surface area contributed by atoms with E-state index in [1.54, 1.807) is 55.5 Å². The van der Waals surface area contributed by atoms with Crippen LogP contribution in [0.5, 0.6) is 0 Å². The largest absolute Gasteiger partial charge is 0.321 e. The first-order chi connectivity index (χ1) is 13.0. The smallest absolute Gasteiger partial charge is 0.267 e. The standard InChI is InChI=1S/C20H13ClN2O3S/c1-11-10-12(22-18(24)16-6-3-9-27-16)7-8-15(11)23-19(25)13-4-2-5-14(21)17(13)20(23)26/h2-10H,1H3,(H,22,24). The van der Waals surface area contributed by atoms with Crippen LogP contribution >= 0.6 is 22.9 Å². The molecule has 3 amide bonds. The lowest BCUT2D eigenvalue weighted by molar-refractivity contribution is 0.0924. The summed E-state index contributed by atoms with van der Waals surface area (Å²) in [7, 11) is 0. The molecule has 3 aromatic rings.